The van der Waals surface area contributed by atoms with E-state index < -0.39 is 0 Å². The van der Waals surface area contributed by atoms with Crippen LogP contribution >= 0.6 is 11.6 Å². The molecule has 0 amide bonds. The molecule has 0 N–H and O–H groups in total. The zero-order chi connectivity index (χ0) is 12.0. The SMILES string of the molecule is COC(=O)CC=Cc1cccc(Cl)c1C=O. The van der Waals surface area contributed by atoms with Gasteiger partial charge in [-0.15, -0.1) is 0 Å². The number of halogens is 1. The molecule has 0 heterocycles. The number of esters is 1. The summed E-state index contributed by atoms with van der Waals surface area (Å²) in [6.07, 6.45) is 4.17. The second kappa shape index (κ2) is 6.08. The monoisotopic (exact) mass is 238 g/mol. The Kier molecular flexibility index (Phi) is 4.73. The minimum absolute atomic E-state index is 0.168. The van der Waals surface area contributed by atoms with E-state index >= 15 is 0 Å². The molecule has 0 aliphatic rings. The lowest BCUT2D eigenvalue weighted by Crippen LogP contribution is -1.96. The van der Waals surface area contributed by atoms with Crippen LogP contribution in [0.25, 0.3) is 6.08 Å². The summed E-state index contributed by atoms with van der Waals surface area (Å²) in [5.41, 5.74) is 1.11. The molecule has 84 valence electrons. The molecule has 0 saturated carbocycles. The van der Waals surface area contributed by atoms with Crippen molar-refractivity contribution in [2.75, 3.05) is 7.11 Å². The molecule has 0 bridgehead atoms. The quantitative estimate of drug-likeness (QED) is 0.598. The normalized spacial score (nSPS) is 10.4. The van der Waals surface area contributed by atoms with Gasteiger partial charge >= 0.3 is 5.97 Å². The number of methoxy groups -OCH3 is 1. The zero-order valence-electron chi connectivity index (χ0n) is 8.77. The summed E-state index contributed by atoms with van der Waals surface area (Å²) >= 11 is 5.84. The van der Waals surface area contributed by atoms with Crippen LogP contribution in [-0.4, -0.2) is 19.4 Å². The fourth-order valence-corrected chi connectivity index (χ4v) is 1.42. The minimum Gasteiger partial charge on any atom is -0.469 e. The molecule has 0 spiro atoms. The average Bonchev–Trinajstić information content (AvgIpc) is 2.29. The van der Waals surface area contributed by atoms with Crippen molar-refractivity contribution >= 4 is 29.9 Å². The van der Waals surface area contributed by atoms with Crippen molar-refractivity contribution < 1.29 is 14.3 Å². The van der Waals surface area contributed by atoms with Crippen LogP contribution in [-0.2, 0) is 9.53 Å². The smallest absolute Gasteiger partial charge is 0.309 e. The van der Waals surface area contributed by atoms with E-state index in [9.17, 15) is 9.59 Å². The Morgan fingerprint density at radius 2 is 2.25 bits per heavy atom. The van der Waals surface area contributed by atoms with Crippen molar-refractivity contribution in [1.82, 2.24) is 0 Å². The van der Waals surface area contributed by atoms with Gasteiger partial charge in [-0.3, -0.25) is 9.59 Å². The molecule has 4 heteroatoms. The third-order valence-corrected chi connectivity index (χ3v) is 2.34. The maximum Gasteiger partial charge on any atom is 0.309 e. The summed E-state index contributed by atoms with van der Waals surface area (Å²) < 4.78 is 4.48. The Labute approximate surface area is 98.7 Å². The Balaban J connectivity index is 2.84. The summed E-state index contributed by atoms with van der Waals surface area (Å²) in [4.78, 5) is 21.6. The molecule has 0 fully saturated rings. The van der Waals surface area contributed by atoms with Gasteiger partial charge in [0.2, 0.25) is 0 Å². The molecule has 0 atom stereocenters. The highest BCUT2D eigenvalue weighted by Crippen LogP contribution is 2.19. The van der Waals surface area contributed by atoms with Gasteiger partial charge in [-0.25, -0.2) is 0 Å². The van der Waals surface area contributed by atoms with E-state index in [2.05, 4.69) is 4.74 Å². The van der Waals surface area contributed by atoms with Crippen LogP contribution in [0.1, 0.15) is 22.3 Å². The summed E-state index contributed by atoms with van der Waals surface area (Å²) in [6.45, 7) is 0. The van der Waals surface area contributed by atoms with Gasteiger partial charge in [-0.2, -0.15) is 0 Å². The molecule has 0 radical (unpaired) electrons. The lowest BCUT2D eigenvalue weighted by molar-refractivity contribution is -0.139. The first kappa shape index (κ1) is 12.5. The maximum atomic E-state index is 10.9. The van der Waals surface area contributed by atoms with Crippen LogP contribution in [0.2, 0.25) is 5.02 Å². The van der Waals surface area contributed by atoms with Gasteiger partial charge in [0.05, 0.1) is 18.6 Å². The Bertz CT molecular complexity index is 424. The molecular weight excluding hydrogens is 228 g/mol. The van der Waals surface area contributed by atoms with Crippen molar-refractivity contribution in [3.8, 4) is 0 Å². The van der Waals surface area contributed by atoms with Gasteiger partial charge in [0, 0.05) is 5.56 Å². The van der Waals surface area contributed by atoms with Gasteiger partial charge in [0.1, 0.15) is 0 Å². The molecule has 1 rings (SSSR count). The maximum absolute atomic E-state index is 10.9. The summed E-state index contributed by atoms with van der Waals surface area (Å²) in [5.74, 6) is -0.328. The molecule has 3 nitrogen and oxygen atoms in total. The number of carbonyl (C=O) groups is 2. The highest BCUT2D eigenvalue weighted by Gasteiger charge is 2.03. The average molecular weight is 239 g/mol. The van der Waals surface area contributed by atoms with E-state index in [0.29, 0.717) is 22.4 Å². The molecule has 1 aromatic carbocycles. The third kappa shape index (κ3) is 3.21. The van der Waals surface area contributed by atoms with Gasteiger partial charge in [-0.1, -0.05) is 35.9 Å². The Morgan fingerprint density at radius 3 is 2.88 bits per heavy atom. The van der Waals surface area contributed by atoms with Gasteiger partial charge < -0.3 is 4.74 Å². The molecule has 16 heavy (non-hydrogen) atoms. The number of rotatable bonds is 4. The van der Waals surface area contributed by atoms with E-state index in [1.807, 2.05) is 0 Å². The Morgan fingerprint density at radius 1 is 1.50 bits per heavy atom. The lowest BCUT2D eigenvalue weighted by Gasteiger charge is -2.00. The zero-order valence-corrected chi connectivity index (χ0v) is 9.53. The Hall–Kier alpha value is -1.61. The molecule has 0 aliphatic carbocycles. The van der Waals surface area contributed by atoms with Crippen molar-refractivity contribution in [3.05, 3.63) is 40.4 Å². The largest absolute Gasteiger partial charge is 0.469 e. The number of carbonyl (C=O) groups excluding carboxylic acids is 2. The van der Waals surface area contributed by atoms with Crippen LogP contribution in [0.5, 0.6) is 0 Å². The van der Waals surface area contributed by atoms with Crippen LogP contribution in [0, 0.1) is 0 Å². The number of hydrogen-bond acceptors (Lipinski definition) is 3. The van der Waals surface area contributed by atoms with E-state index in [4.69, 9.17) is 11.6 Å². The van der Waals surface area contributed by atoms with E-state index in [-0.39, 0.29) is 12.4 Å². The number of benzene rings is 1. The number of aldehydes is 1. The van der Waals surface area contributed by atoms with Crippen molar-refractivity contribution in [2.45, 2.75) is 6.42 Å². The summed E-state index contributed by atoms with van der Waals surface area (Å²) in [5, 5.41) is 0.398. The minimum atomic E-state index is -0.328. The molecule has 0 saturated heterocycles. The summed E-state index contributed by atoms with van der Waals surface area (Å²) in [7, 11) is 1.33. The van der Waals surface area contributed by atoms with Crippen LogP contribution in [0.3, 0.4) is 0 Å². The fraction of sp³-hybridized carbons (Fsp3) is 0.167. The van der Waals surface area contributed by atoms with Gasteiger partial charge in [0.15, 0.2) is 6.29 Å². The van der Waals surface area contributed by atoms with Crippen molar-refractivity contribution in [1.29, 1.82) is 0 Å². The third-order valence-electron chi connectivity index (χ3n) is 2.01. The molecule has 1 aromatic rings. The van der Waals surface area contributed by atoms with Crippen LogP contribution in [0.15, 0.2) is 24.3 Å². The van der Waals surface area contributed by atoms with Gasteiger partial charge in [0.25, 0.3) is 0 Å². The predicted molar refractivity (Wildman–Crippen MR) is 62.5 cm³/mol. The molecule has 0 unspecified atom stereocenters. The summed E-state index contributed by atoms with van der Waals surface area (Å²) in [6, 6.07) is 5.14. The van der Waals surface area contributed by atoms with E-state index in [0.717, 1.165) is 0 Å². The molecular formula is C12H11ClO3. The van der Waals surface area contributed by atoms with Crippen LogP contribution in [0.4, 0.5) is 0 Å². The van der Waals surface area contributed by atoms with E-state index in [1.165, 1.54) is 7.11 Å². The molecule has 0 aromatic heterocycles. The topological polar surface area (TPSA) is 43.4 Å². The van der Waals surface area contributed by atoms with E-state index in [1.54, 1.807) is 30.4 Å². The van der Waals surface area contributed by atoms with Crippen molar-refractivity contribution in [2.24, 2.45) is 0 Å². The number of hydrogen-bond donors (Lipinski definition) is 0. The molecule has 0 aliphatic heterocycles. The predicted octanol–water partition coefficient (Wildman–Crippen LogP) is 2.73. The highest BCUT2D eigenvalue weighted by molar-refractivity contribution is 6.33. The highest BCUT2D eigenvalue weighted by atomic mass is 35.5. The first-order chi connectivity index (χ1) is 7.69. The second-order valence-electron chi connectivity index (χ2n) is 3.04. The number of ether oxygens (including phenoxy) is 1. The van der Waals surface area contributed by atoms with Crippen LogP contribution < -0.4 is 0 Å². The standard InChI is InChI=1S/C12H11ClO3/c1-16-12(15)7-3-5-9-4-2-6-11(13)10(9)8-14/h2-6,8H,7H2,1H3. The first-order valence-electron chi connectivity index (χ1n) is 4.66. The van der Waals surface area contributed by atoms with Crippen molar-refractivity contribution in [3.63, 3.8) is 0 Å². The second-order valence-corrected chi connectivity index (χ2v) is 3.45. The lowest BCUT2D eigenvalue weighted by atomic mass is 10.1. The fourth-order valence-electron chi connectivity index (χ4n) is 1.19. The first-order valence-corrected chi connectivity index (χ1v) is 5.04. The van der Waals surface area contributed by atoms with Gasteiger partial charge in [-0.05, 0) is 11.6 Å².